The van der Waals surface area contributed by atoms with Gasteiger partial charge >= 0.3 is 0 Å². The van der Waals surface area contributed by atoms with Crippen molar-refractivity contribution in [2.45, 2.75) is 18.0 Å². The molecule has 0 bridgehead atoms. The maximum Gasteiger partial charge on any atom is 0.247 e. The molecule has 0 fully saturated rings. The third-order valence-electron chi connectivity index (χ3n) is 5.42. The molecular weight excluding hydrogens is 405 g/mol. The fourth-order valence-corrected chi connectivity index (χ4v) is 5.36. The molecule has 6 nitrogen and oxygen atoms in total. The second-order valence-electron chi connectivity index (χ2n) is 7.22. The first-order valence-electron chi connectivity index (χ1n) is 9.35. The van der Waals surface area contributed by atoms with Crippen LogP contribution in [0.3, 0.4) is 0 Å². The van der Waals surface area contributed by atoms with Crippen molar-refractivity contribution in [1.82, 2.24) is 14.5 Å². The van der Waals surface area contributed by atoms with E-state index in [0.717, 1.165) is 27.6 Å². The molecule has 0 saturated carbocycles. The smallest absolute Gasteiger partial charge is 0.247 e. The highest BCUT2D eigenvalue weighted by Gasteiger charge is 2.33. The molecule has 152 valence electrons. The summed E-state index contributed by atoms with van der Waals surface area (Å²) in [4.78, 5) is 0.0893. The van der Waals surface area contributed by atoms with E-state index in [1.807, 2.05) is 18.2 Å². The van der Waals surface area contributed by atoms with Gasteiger partial charge in [-0.3, -0.25) is 5.10 Å². The van der Waals surface area contributed by atoms with Crippen LogP contribution in [0.1, 0.15) is 11.1 Å². The van der Waals surface area contributed by atoms with E-state index in [1.54, 1.807) is 30.5 Å². The summed E-state index contributed by atoms with van der Waals surface area (Å²) in [5.74, 6) is -0.105. The van der Waals surface area contributed by atoms with E-state index in [2.05, 4.69) is 10.2 Å². The zero-order valence-corrected chi connectivity index (χ0v) is 16.9. The number of sulfonamides is 1. The summed E-state index contributed by atoms with van der Waals surface area (Å²) in [6.07, 6.45) is 1.74. The molecule has 1 aliphatic rings. The number of nitrogens with one attached hydrogen (secondary N) is 1. The Hall–Kier alpha value is -3.23. The number of benzene rings is 3. The average Bonchev–Trinajstić information content (AvgIpc) is 3.39. The van der Waals surface area contributed by atoms with Crippen molar-refractivity contribution >= 4 is 20.9 Å². The zero-order valence-electron chi connectivity index (χ0n) is 16.1. The minimum absolute atomic E-state index is 0.0893. The van der Waals surface area contributed by atoms with Crippen LogP contribution in [-0.4, -0.2) is 30.0 Å². The van der Waals surface area contributed by atoms with Crippen molar-refractivity contribution in [1.29, 1.82) is 0 Å². The summed E-state index contributed by atoms with van der Waals surface area (Å²) in [5.41, 5.74) is 4.18. The minimum Gasteiger partial charge on any atom is -0.495 e. The fraction of sp³-hybridized carbons (Fsp3) is 0.136. The molecule has 0 aliphatic carbocycles. The van der Waals surface area contributed by atoms with Gasteiger partial charge in [0.1, 0.15) is 16.5 Å². The van der Waals surface area contributed by atoms with Crippen molar-refractivity contribution < 1.29 is 17.5 Å². The van der Waals surface area contributed by atoms with Gasteiger partial charge in [0, 0.05) is 18.5 Å². The minimum atomic E-state index is -3.82. The van der Waals surface area contributed by atoms with Gasteiger partial charge in [-0.15, -0.1) is 0 Å². The van der Waals surface area contributed by atoms with Gasteiger partial charge in [0.05, 0.1) is 18.8 Å². The van der Waals surface area contributed by atoms with Gasteiger partial charge in [0.2, 0.25) is 10.0 Å². The van der Waals surface area contributed by atoms with Crippen molar-refractivity contribution in [2.24, 2.45) is 0 Å². The predicted molar refractivity (Wildman–Crippen MR) is 111 cm³/mol. The Morgan fingerprint density at radius 3 is 2.60 bits per heavy atom. The van der Waals surface area contributed by atoms with Gasteiger partial charge in [0.15, 0.2) is 0 Å². The number of hydrogen-bond acceptors (Lipinski definition) is 4. The lowest BCUT2D eigenvalue weighted by atomic mass is 10.0. The van der Waals surface area contributed by atoms with Crippen molar-refractivity contribution in [3.63, 3.8) is 0 Å². The molecule has 8 heteroatoms. The number of H-pyrrole nitrogens is 1. The number of aromatic nitrogens is 2. The van der Waals surface area contributed by atoms with E-state index in [4.69, 9.17) is 4.74 Å². The zero-order chi connectivity index (χ0) is 20.9. The Balaban J connectivity index is 1.51. The van der Waals surface area contributed by atoms with E-state index in [0.29, 0.717) is 5.56 Å². The maximum absolute atomic E-state index is 13.5. The van der Waals surface area contributed by atoms with Gasteiger partial charge < -0.3 is 4.74 Å². The average molecular weight is 423 g/mol. The van der Waals surface area contributed by atoms with Gasteiger partial charge in [-0.25, -0.2) is 12.8 Å². The molecule has 1 N–H and O–H groups in total. The van der Waals surface area contributed by atoms with E-state index in [9.17, 15) is 12.8 Å². The monoisotopic (exact) mass is 423 g/mol. The van der Waals surface area contributed by atoms with E-state index >= 15 is 0 Å². The predicted octanol–water partition coefficient (Wildman–Crippen LogP) is 4.08. The van der Waals surface area contributed by atoms with Crippen LogP contribution in [0.25, 0.3) is 22.0 Å². The number of ether oxygens (including phenoxy) is 1. The van der Waals surface area contributed by atoms with Crippen LogP contribution in [-0.2, 0) is 23.1 Å². The molecule has 0 unspecified atom stereocenters. The number of halogens is 1. The van der Waals surface area contributed by atoms with Crippen LogP contribution >= 0.6 is 0 Å². The third-order valence-corrected chi connectivity index (χ3v) is 7.25. The van der Waals surface area contributed by atoms with Crippen molar-refractivity contribution in [2.75, 3.05) is 7.11 Å². The van der Waals surface area contributed by atoms with Crippen LogP contribution in [0, 0.1) is 5.82 Å². The lowest BCUT2D eigenvalue weighted by Gasteiger charge is -2.18. The van der Waals surface area contributed by atoms with Crippen LogP contribution in [0.5, 0.6) is 5.75 Å². The number of fused-ring (bicyclic) bond motifs is 2. The topological polar surface area (TPSA) is 75.3 Å². The second kappa shape index (κ2) is 6.93. The summed E-state index contributed by atoms with van der Waals surface area (Å²) in [6.45, 7) is 0.345. The molecule has 2 heterocycles. The van der Waals surface area contributed by atoms with Gasteiger partial charge in [-0.05, 0) is 58.7 Å². The lowest BCUT2D eigenvalue weighted by molar-refractivity contribution is 0.393. The normalized spacial score (nSPS) is 14.2. The highest BCUT2D eigenvalue weighted by molar-refractivity contribution is 7.89. The first-order valence-corrected chi connectivity index (χ1v) is 10.8. The van der Waals surface area contributed by atoms with Crippen LogP contribution in [0.2, 0.25) is 0 Å². The lowest BCUT2D eigenvalue weighted by Crippen LogP contribution is -2.26. The molecule has 0 spiro atoms. The Kier molecular flexibility index (Phi) is 4.34. The first kappa shape index (κ1) is 18.8. The molecule has 5 rings (SSSR count). The molecule has 0 atom stereocenters. The van der Waals surface area contributed by atoms with Crippen LogP contribution in [0.4, 0.5) is 4.39 Å². The molecular formula is C22H18FN3O3S. The second-order valence-corrected chi connectivity index (χ2v) is 9.13. The van der Waals surface area contributed by atoms with Gasteiger partial charge in [0.25, 0.3) is 0 Å². The highest BCUT2D eigenvalue weighted by atomic mass is 32.2. The first-order chi connectivity index (χ1) is 14.5. The van der Waals surface area contributed by atoms with E-state index < -0.39 is 10.0 Å². The molecule has 0 radical (unpaired) electrons. The Morgan fingerprint density at radius 1 is 1.00 bits per heavy atom. The number of rotatable bonds is 4. The number of nitrogens with zero attached hydrogens (tertiary/aromatic N) is 2. The maximum atomic E-state index is 13.5. The summed E-state index contributed by atoms with van der Waals surface area (Å²) in [5, 5.41) is 7.90. The number of hydrogen-bond donors (Lipinski definition) is 1. The van der Waals surface area contributed by atoms with Crippen molar-refractivity contribution in [3.05, 3.63) is 77.7 Å². The van der Waals surface area contributed by atoms with E-state index in [-0.39, 0.29) is 29.6 Å². The summed E-state index contributed by atoms with van der Waals surface area (Å²) in [7, 11) is -2.37. The SMILES string of the molecule is COc1cc(-c2ccc3[nH]ncc3c2)ccc1S(=O)(=O)N1Cc2ccc(F)cc2C1. The van der Waals surface area contributed by atoms with Gasteiger partial charge in [-0.2, -0.15) is 9.40 Å². The quantitative estimate of drug-likeness (QED) is 0.537. The van der Waals surface area contributed by atoms with Crippen LogP contribution < -0.4 is 4.74 Å². The summed E-state index contributed by atoms with van der Waals surface area (Å²) >= 11 is 0. The molecule has 1 aromatic heterocycles. The number of methoxy groups -OCH3 is 1. The number of aromatic amines is 1. The van der Waals surface area contributed by atoms with E-state index in [1.165, 1.54) is 23.5 Å². The molecule has 0 saturated heterocycles. The Labute approximate surface area is 173 Å². The Bertz CT molecular complexity index is 1380. The van der Waals surface area contributed by atoms with Crippen LogP contribution in [0.15, 0.2) is 65.7 Å². The fourth-order valence-electron chi connectivity index (χ4n) is 3.82. The highest BCUT2D eigenvalue weighted by Crippen LogP contribution is 2.36. The summed E-state index contributed by atoms with van der Waals surface area (Å²) in [6, 6.07) is 15.3. The molecule has 30 heavy (non-hydrogen) atoms. The summed E-state index contributed by atoms with van der Waals surface area (Å²) < 4.78 is 46.9. The third kappa shape index (κ3) is 3.05. The molecule has 0 amide bonds. The molecule has 3 aromatic carbocycles. The largest absolute Gasteiger partial charge is 0.495 e. The Morgan fingerprint density at radius 2 is 1.77 bits per heavy atom. The standard InChI is InChI=1S/C22H18FN3O3S/c1-29-21-10-15(14-3-6-20-17(8-14)11-24-25-20)4-7-22(21)30(27,28)26-12-16-2-5-19(23)9-18(16)13-26/h2-11H,12-13H2,1H3,(H,24,25). The van der Waals surface area contributed by atoms with Crippen molar-refractivity contribution in [3.8, 4) is 16.9 Å². The van der Waals surface area contributed by atoms with Gasteiger partial charge in [-0.1, -0.05) is 18.2 Å². The molecule has 1 aliphatic heterocycles. The molecule has 4 aromatic rings.